The Labute approximate surface area is 160 Å². The fourth-order valence-corrected chi connectivity index (χ4v) is 2.23. The van der Waals surface area contributed by atoms with Crippen LogP contribution in [-0.2, 0) is 9.47 Å². The van der Waals surface area contributed by atoms with Crippen LogP contribution in [0.25, 0.3) is 0 Å². The van der Waals surface area contributed by atoms with Gasteiger partial charge in [0, 0.05) is 18.2 Å². The summed E-state index contributed by atoms with van der Waals surface area (Å²) in [5.41, 5.74) is 1.92. The molecule has 0 aliphatic heterocycles. The summed E-state index contributed by atoms with van der Waals surface area (Å²) in [6.45, 7) is 2.88. The molecule has 0 saturated heterocycles. The Morgan fingerprint density at radius 2 is 1.67 bits per heavy atom. The molecule has 0 aliphatic carbocycles. The fraction of sp³-hybridized carbons (Fsp3) is 0.318. The SMILES string of the molecule is CCCCOc1ccc(C#Cc2ccc(C(=O)OC)c(OCOC)c2)cc1. The molecule has 0 aromatic heterocycles. The van der Waals surface area contributed by atoms with E-state index in [0.29, 0.717) is 11.3 Å². The van der Waals surface area contributed by atoms with Crippen molar-refractivity contribution in [3.63, 3.8) is 0 Å². The van der Waals surface area contributed by atoms with Gasteiger partial charge in [-0.15, -0.1) is 0 Å². The molecular weight excluding hydrogens is 344 g/mol. The third kappa shape index (κ3) is 6.36. The summed E-state index contributed by atoms with van der Waals surface area (Å²) in [5.74, 6) is 6.90. The van der Waals surface area contributed by atoms with Gasteiger partial charge < -0.3 is 18.9 Å². The van der Waals surface area contributed by atoms with Gasteiger partial charge in [-0.25, -0.2) is 4.79 Å². The average Bonchev–Trinajstić information content (AvgIpc) is 2.71. The molecule has 142 valence electrons. The summed E-state index contributed by atoms with van der Waals surface area (Å²) in [4.78, 5) is 11.8. The molecule has 0 amide bonds. The van der Waals surface area contributed by atoms with Crippen LogP contribution in [0, 0.1) is 11.8 Å². The van der Waals surface area contributed by atoms with E-state index < -0.39 is 5.97 Å². The zero-order valence-electron chi connectivity index (χ0n) is 15.9. The van der Waals surface area contributed by atoms with Crippen molar-refractivity contribution < 1.29 is 23.7 Å². The molecule has 2 aromatic rings. The zero-order chi connectivity index (χ0) is 19.5. The zero-order valence-corrected chi connectivity index (χ0v) is 15.9. The maximum Gasteiger partial charge on any atom is 0.341 e. The molecule has 0 heterocycles. The number of unbranched alkanes of at least 4 members (excludes halogenated alkanes) is 1. The van der Waals surface area contributed by atoms with E-state index in [1.165, 1.54) is 14.2 Å². The molecule has 0 N–H and O–H groups in total. The lowest BCUT2D eigenvalue weighted by Crippen LogP contribution is -2.07. The molecular formula is C22H24O5. The van der Waals surface area contributed by atoms with Crippen LogP contribution in [-0.4, -0.2) is 33.6 Å². The normalized spacial score (nSPS) is 9.89. The number of rotatable bonds is 8. The number of hydrogen-bond acceptors (Lipinski definition) is 5. The number of hydrogen-bond donors (Lipinski definition) is 0. The van der Waals surface area contributed by atoms with Gasteiger partial charge in [0.05, 0.1) is 13.7 Å². The Balaban J connectivity index is 2.14. The molecule has 27 heavy (non-hydrogen) atoms. The van der Waals surface area contributed by atoms with Gasteiger partial charge in [0.2, 0.25) is 0 Å². The van der Waals surface area contributed by atoms with Gasteiger partial charge in [0.15, 0.2) is 6.79 Å². The minimum atomic E-state index is -0.473. The average molecular weight is 368 g/mol. The van der Waals surface area contributed by atoms with Gasteiger partial charge in [-0.3, -0.25) is 0 Å². The first-order chi connectivity index (χ1) is 13.2. The second kappa shape index (κ2) is 10.9. The highest BCUT2D eigenvalue weighted by atomic mass is 16.7. The van der Waals surface area contributed by atoms with Crippen LogP contribution >= 0.6 is 0 Å². The van der Waals surface area contributed by atoms with Crippen LogP contribution in [0.2, 0.25) is 0 Å². The third-order valence-electron chi connectivity index (χ3n) is 3.69. The van der Waals surface area contributed by atoms with E-state index in [4.69, 9.17) is 18.9 Å². The van der Waals surface area contributed by atoms with Crippen molar-refractivity contribution in [3.05, 3.63) is 59.2 Å². The summed E-state index contributed by atoms with van der Waals surface area (Å²) in [6, 6.07) is 12.7. The van der Waals surface area contributed by atoms with Crippen LogP contribution in [0.15, 0.2) is 42.5 Å². The summed E-state index contributed by atoms with van der Waals surface area (Å²) in [6.07, 6.45) is 2.14. The molecule has 0 spiro atoms. The standard InChI is InChI=1S/C22H24O5/c1-4-5-14-26-19-11-8-17(9-12-19)6-7-18-10-13-20(22(23)25-3)21(15-18)27-16-24-2/h8-13,15H,4-5,14,16H2,1-3H3. The fourth-order valence-electron chi connectivity index (χ4n) is 2.23. The van der Waals surface area contributed by atoms with Crippen LogP contribution in [0.5, 0.6) is 11.5 Å². The van der Waals surface area contributed by atoms with Gasteiger partial charge >= 0.3 is 5.97 Å². The van der Waals surface area contributed by atoms with Crippen molar-refractivity contribution in [2.75, 3.05) is 27.6 Å². The highest BCUT2D eigenvalue weighted by Gasteiger charge is 2.13. The second-order valence-corrected chi connectivity index (χ2v) is 5.73. The minimum absolute atomic E-state index is 0.0281. The quantitative estimate of drug-likeness (QED) is 0.305. The number of methoxy groups -OCH3 is 2. The second-order valence-electron chi connectivity index (χ2n) is 5.73. The molecule has 0 fully saturated rings. The Morgan fingerprint density at radius 1 is 0.963 bits per heavy atom. The molecule has 0 radical (unpaired) electrons. The molecule has 0 atom stereocenters. The lowest BCUT2D eigenvalue weighted by molar-refractivity contribution is 0.0465. The van der Waals surface area contributed by atoms with E-state index in [1.54, 1.807) is 18.2 Å². The molecule has 2 aromatic carbocycles. The van der Waals surface area contributed by atoms with Crippen molar-refractivity contribution in [2.24, 2.45) is 0 Å². The Morgan fingerprint density at radius 3 is 2.33 bits per heavy atom. The lowest BCUT2D eigenvalue weighted by atomic mass is 10.1. The van der Waals surface area contributed by atoms with Gasteiger partial charge in [-0.05, 0) is 48.9 Å². The molecule has 0 bridgehead atoms. The Hall–Kier alpha value is -2.97. The van der Waals surface area contributed by atoms with Crippen molar-refractivity contribution in [1.82, 2.24) is 0 Å². The van der Waals surface area contributed by atoms with E-state index in [-0.39, 0.29) is 6.79 Å². The molecule has 0 aliphatic rings. The summed E-state index contributed by atoms with van der Waals surface area (Å²) in [7, 11) is 2.84. The molecule has 0 saturated carbocycles. The van der Waals surface area contributed by atoms with Gasteiger partial charge in [0.1, 0.15) is 17.1 Å². The third-order valence-corrected chi connectivity index (χ3v) is 3.69. The van der Waals surface area contributed by atoms with Crippen molar-refractivity contribution >= 4 is 5.97 Å². The van der Waals surface area contributed by atoms with Gasteiger partial charge in [0.25, 0.3) is 0 Å². The first-order valence-electron chi connectivity index (χ1n) is 8.77. The largest absolute Gasteiger partial charge is 0.494 e. The summed E-state index contributed by atoms with van der Waals surface area (Å²) >= 11 is 0. The predicted molar refractivity (Wildman–Crippen MR) is 103 cm³/mol. The van der Waals surface area contributed by atoms with Crippen LogP contribution in [0.1, 0.15) is 41.3 Å². The van der Waals surface area contributed by atoms with Crippen LogP contribution in [0.4, 0.5) is 0 Å². The van der Waals surface area contributed by atoms with Crippen LogP contribution < -0.4 is 9.47 Å². The van der Waals surface area contributed by atoms with Crippen LogP contribution in [0.3, 0.4) is 0 Å². The van der Waals surface area contributed by atoms with E-state index in [9.17, 15) is 4.79 Å². The molecule has 5 heteroatoms. The Bertz CT molecular complexity index is 800. The first-order valence-corrected chi connectivity index (χ1v) is 8.77. The lowest BCUT2D eigenvalue weighted by Gasteiger charge is -2.09. The maximum atomic E-state index is 11.8. The summed E-state index contributed by atoms with van der Waals surface area (Å²) in [5, 5.41) is 0. The highest BCUT2D eigenvalue weighted by Crippen LogP contribution is 2.21. The topological polar surface area (TPSA) is 54.0 Å². The van der Waals surface area contributed by atoms with Gasteiger partial charge in [-0.2, -0.15) is 0 Å². The highest BCUT2D eigenvalue weighted by molar-refractivity contribution is 5.92. The van der Waals surface area contributed by atoms with Crippen molar-refractivity contribution in [2.45, 2.75) is 19.8 Å². The van der Waals surface area contributed by atoms with E-state index in [1.807, 2.05) is 24.3 Å². The molecule has 5 nitrogen and oxygen atoms in total. The number of benzene rings is 2. The number of carbonyl (C=O) groups is 1. The first kappa shape index (κ1) is 20.3. The maximum absolute atomic E-state index is 11.8. The monoisotopic (exact) mass is 368 g/mol. The van der Waals surface area contributed by atoms with E-state index in [0.717, 1.165) is 36.3 Å². The smallest absolute Gasteiger partial charge is 0.341 e. The van der Waals surface area contributed by atoms with Crippen molar-refractivity contribution in [3.8, 4) is 23.3 Å². The van der Waals surface area contributed by atoms with Crippen molar-refractivity contribution in [1.29, 1.82) is 0 Å². The Kier molecular flexibility index (Phi) is 8.21. The number of carbonyl (C=O) groups excluding carboxylic acids is 1. The predicted octanol–water partition coefficient (Wildman–Crippen LogP) is 4.03. The van der Waals surface area contributed by atoms with E-state index >= 15 is 0 Å². The number of esters is 1. The number of ether oxygens (including phenoxy) is 4. The molecule has 2 rings (SSSR count). The van der Waals surface area contributed by atoms with E-state index in [2.05, 4.69) is 18.8 Å². The molecule has 0 unspecified atom stereocenters. The summed E-state index contributed by atoms with van der Waals surface area (Å²) < 4.78 is 20.8. The minimum Gasteiger partial charge on any atom is -0.494 e. The van der Waals surface area contributed by atoms with Gasteiger partial charge in [-0.1, -0.05) is 25.2 Å².